The molecule has 1 aliphatic heterocycles. The third-order valence-electron chi connectivity index (χ3n) is 2.92. The largest absolute Gasteiger partial charge is 0.490 e. The van der Waals surface area contributed by atoms with Crippen molar-refractivity contribution in [3.63, 3.8) is 0 Å². The number of benzene rings is 1. The fourth-order valence-corrected chi connectivity index (χ4v) is 2.77. The van der Waals surface area contributed by atoms with Crippen molar-refractivity contribution in [1.29, 1.82) is 0 Å². The van der Waals surface area contributed by atoms with Crippen LogP contribution in [0.1, 0.15) is 11.4 Å². The van der Waals surface area contributed by atoms with E-state index in [2.05, 4.69) is 4.98 Å². The molecule has 0 amide bonds. The molecule has 0 unspecified atom stereocenters. The first-order valence-corrected chi connectivity index (χ1v) is 7.20. The van der Waals surface area contributed by atoms with Crippen LogP contribution >= 0.6 is 11.3 Å². The monoisotopic (exact) mass is 277 g/mol. The van der Waals surface area contributed by atoms with Crippen LogP contribution in [0.15, 0.2) is 23.6 Å². The topological polar surface area (TPSA) is 51.6 Å². The molecular formula is C14H15NO3S. The lowest BCUT2D eigenvalue weighted by molar-refractivity contribution is 0.297. The van der Waals surface area contributed by atoms with Crippen molar-refractivity contribution in [3.8, 4) is 22.8 Å². The number of aliphatic hydroxyl groups excluding tert-OH is 1. The Morgan fingerprint density at radius 3 is 2.89 bits per heavy atom. The lowest BCUT2D eigenvalue weighted by Crippen LogP contribution is -1.97. The summed E-state index contributed by atoms with van der Waals surface area (Å²) in [5.41, 5.74) is 1.94. The fraction of sp³-hybridized carbons (Fsp3) is 0.357. The standard InChI is InChI=1S/C14H15NO3S/c16-5-4-14-15-11(9-19-14)10-2-3-12-13(8-10)18-7-1-6-17-12/h2-3,8-9,16H,1,4-7H2. The molecule has 0 spiro atoms. The second-order valence-corrected chi connectivity index (χ2v) is 5.25. The van der Waals surface area contributed by atoms with Crippen molar-refractivity contribution in [1.82, 2.24) is 4.98 Å². The van der Waals surface area contributed by atoms with Gasteiger partial charge < -0.3 is 14.6 Å². The Morgan fingerprint density at radius 1 is 1.21 bits per heavy atom. The molecule has 3 rings (SSSR count). The quantitative estimate of drug-likeness (QED) is 0.936. The molecule has 5 heteroatoms. The Hall–Kier alpha value is -1.59. The number of fused-ring (bicyclic) bond motifs is 1. The highest BCUT2D eigenvalue weighted by Gasteiger charge is 2.12. The summed E-state index contributed by atoms with van der Waals surface area (Å²) in [6.07, 6.45) is 1.51. The van der Waals surface area contributed by atoms with E-state index >= 15 is 0 Å². The summed E-state index contributed by atoms with van der Waals surface area (Å²) in [5.74, 6) is 1.58. The zero-order valence-electron chi connectivity index (χ0n) is 10.5. The number of aliphatic hydroxyl groups is 1. The smallest absolute Gasteiger partial charge is 0.161 e. The SMILES string of the molecule is OCCc1nc(-c2ccc3c(c2)OCCCO3)cs1. The van der Waals surface area contributed by atoms with E-state index in [0.29, 0.717) is 19.6 Å². The van der Waals surface area contributed by atoms with Gasteiger partial charge in [-0.3, -0.25) is 0 Å². The Bertz CT molecular complexity index is 568. The summed E-state index contributed by atoms with van der Waals surface area (Å²) in [4.78, 5) is 4.50. The number of rotatable bonds is 3. The first-order chi connectivity index (χ1) is 9.36. The van der Waals surface area contributed by atoms with Crippen molar-refractivity contribution in [2.24, 2.45) is 0 Å². The number of thiazole rings is 1. The summed E-state index contributed by atoms with van der Waals surface area (Å²) in [5, 5.41) is 11.9. The third kappa shape index (κ3) is 2.72. The zero-order valence-corrected chi connectivity index (χ0v) is 11.3. The molecule has 0 bridgehead atoms. The molecular weight excluding hydrogens is 262 g/mol. The summed E-state index contributed by atoms with van der Waals surface area (Å²) in [7, 11) is 0. The molecule has 19 heavy (non-hydrogen) atoms. The maximum Gasteiger partial charge on any atom is 0.161 e. The lowest BCUT2D eigenvalue weighted by atomic mass is 10.1. The molecule has 1 aromatic heterocycles. The molecule has 100 valence electrons. The zero-order chi connectivity index (χ0) is 13.1. The van der Waals surface area contributed by atoms with Gasteiger partial charge in [-0.15, -0.1) is 11.3 Å². The second kappa shape index (κ2) is 5.59. The van der Waals surface area contributed by atoms with Gasteiger partial charge in [0.15, 0.2) is 11.5 Å². The maximum absolute atomic E-state index is 8.92. The van der Waals surface area contributed by atoms with Gasteiger partial charge in [0.05, 0.1) is 23.9 Å². The molecule has 0 saturated heterocycles. The van der Waals surface area contributed by atoms with E-state index < -0.39 is 0 Å². The lowest BCUT2D eigenvalue weighted by Gasteiger charge is -2.08. The van der Waals surface area contributed by atoms with Gasteiger partial charge in [0.1, 0.15) is 0 Å². The van der Waals surface area contributed by atoms with Crippen LogP contribution in [0.4, 0.5) is 0 Å². The van der Waals surface area contributed by atoms with Crippen LogP contribution < -0.4 is 9.47 Å². The minimum Gasteiger partial charge on any atom is -0.490 e. The van der Waals surface area contributed by atoms with E-state index in [1.165, 1.54) is 0 Å². The van der Waals surface area contributed by atoms with Gasteiger partial charge >= 0.3 is 0 Å². The average Bonchev–Trinajstić information content (AvgIpc) is 2.76. The Kier molecular flexibility index (Phi) is 3.66. The van der Waals surface area contributed by atoms with E-state index in [1.807, 2.05) is 23.6 Å². The summed E-state index contributed by atoms with van der Waals surface area (Å²) >= 11 is 1.57. The Balaban J connectivity index is 1.89. The van der Waals surface area contributed by atoms with Crippen LogP contribution in [-0.4, -0.2) is 29.9 Å². The first-order valence-electron chi connectivity index (χ1n) is 6.32. The Morgan fingerprint density at radius 2 is 2.05 bits per heavy atom. The second-order valence-electron chi connectivity index (χ2n) is 4.31. The van der Waals surface area contributed by atoms with Gasteiger partial charge in [0.2, 0.25) is 0 Å². The highest BCUT2D eigenvalue weighted by molar-refractivity contribution is 7.09. The highest BCUT2D eigenvalue weighted by atomic mass is 32.1. The van der Waals surface area contributed by atoms with Crippen LogP contribution in [0.2, 0.25) is 0 Å². The van der Waals surface area contributed by atoms with Gasteiger partial charge in [-0.1, -0.05) is 0 Å². The Labute approximate surface area is 115 Å². The molecule has 2 heterocycles. The number of ether oxygens (including phenoxy) is 2. The van der Waals surface area contributed by atoms with Gasteiger partial charge in [-0.2, -0.15) is 0 Å². The van der Waals surface area contributed by atoms with Crippen molar-refractivity contribution >= 4 is 11.3 Å². The van der Waals surface area contributed by atoms with Crippen molar-refractivity contribution < 1.29 is 14.6 Å². The predicted octanol–water partition coefficient (Wildman–Crippen LogP) is 2.51. The number of aromatic nitrogens is 1. The van der Waals surface area contributed by atoms with E-state index in [4.69, 9.17) is 14.6 Å². The van der Waals surface area contributed by atoms with Crippen LogP contribution in [0.5, 0.6) is 11.5 Å². The van der Waals surface area contributed by atoms with Crippen molar-refractivity contribution in [2.75, 3.05) is 19.8 Å². The third-order valence-corrected chi connectivity index (χ3v) is 3.83. The number of hydrogen-bond donors (Lipinski definition) is 1. The van der Waals surface area contributed by atoms with E-state index in [1.54, 1.807) is 11.3 Å². The minimum absolute atomic E-state index is 0.133. The maximum atomic E-state index is 8.92. The van der Waals surface area contributed by atoms with Gasteiger partial charge in [-0.05, 0) is 18.2 Å². The molecule has 2 aromatic rings. The van der Waals surface area contributed by atoms with Crippen LogP contribution in [0.25, 0.3) is 11.3 Å². The first kappa shape index (κ1) is 12.4. The fourth-order valence-electron chi connectivity index (χ4n) is 1.98. The number of hydrogen-bond acceptors (Lipinski definition) is 5. The molecule has 0 saturated carbocycles. The van der Waals surface area contributed by atoms with Crippen LogP contribution in [0, 0.1) is 0 Å². The van der Waals surface area contributed by atoms with Crippen LogP contribution in [-0.2, 0) is 6.42 Å². The van der Waals surface area contributed by atoms with Gasteiger partial charge in [0.25, 0.3) is 0 Å². The van der Waals surface area contributed by atoms with E-state index in [-0.39, 0.29) is 6.61 Å². The van der Waals surface area contributed by atoms with Crippen molar-refractivity contribution in [3.05, 3.63) is 28.6 Å². The molecule has 0 aliphatic carbocycles. The van der Waals surface area contributed by atoms with E-state index in [0.717, 1.165) is 34.2 Å². The minimum atomic E-state index is 0.133. The molecule has 1 aromatic carbocycles. The molecule has 0 radical (unpaired) electrons. The highest BCUT2D eigenvalue weighted by Crippen LogP contribution is 2.34. The van der Waals surface area contributed by atoms with Crippen molar-refractivity contribution in [2.45, 2.75) is 12.8 Å². The van der Waals surface area contributed by atoms with Gasteiger partial charge in [0, 0.05) is 30.4 Å². The van der Waals surface area contributed by atoms with Crippen LogP contribution in [0.3, 0.4) is 0 Å². The molecule has 1 N–H and O–H groups in total. The normalized spacial score (nSPS) is 14.2. The molecule has 4 nitrogen and oxygen atoms in total. The van der Waals surface area contributed by atoms with E-state index in [9.17, 15) is 0 Å². The summed E-state index contributed by atoms with van der Waals surface area (Å²) in [6, 6.07) is 5.89. The molecule has 1 aliphatic rings. The molecule has 0 atom stereocenters. The van der Waals surface area contributed by atoms with Gasteiger partial charge in [-0.25, -0.2) is 4.98 Å². The summed E-state index contributed by atoms with van der Waals surface area (Å²) in [6.45, 7) is 1.51. The average molecular weight is 277 g/mol. The summed E-state index contributed by atoms with van der Waals surface area (Å²) < 4.78 is 11.3. The predicted molar refractivity (Wildman–Crippen MR) is 73.9 cm³/mol. The molecule has 0 fully saturated rings. The number of nitrogens with zero attached hydrogens (tertiary/aromatic N) is 1.